The van der Waals surface area contributed by atoms with E-state index >= 15 is 0 Å². The van der Waals surface area contributed by atoms with Crippen LogP contribution in [0.15, 0.2) is 42.9 Å². The lowest BCUT2D eigenvalue weighted by Gasteiger charge is -2.26. The predicted octanol–water partition coefficient (Wildman–Crippen LogP) is 2.74. The summed E-state index contributed by atoms with van der Waals surface area (Å²) in [5.74, 6) is -0.101. The molecule has 0 spiro atoms. The Morgan fingerprint density at radius 3 is 2.57 bits per heavy atom. The molecule has 2 aliphatic heterocycles. The number of hydrogen-bond donors (Lipinski definition) is 3. The van der Waals surface area contributed by atoms with Crippen molar-refractivity contribution >= 4 is 19.4 Å². The van der Waals surface area contributed by atoms with Crippen LogP contribution in [0.3, 0.4) is 0 Å². The zero-order chi connectivity index (χ0) is 29.7. The van der Waals surface area contributed by atoms with Crippen molar-refractivity contribution in [3.8, 4) is 11.6 Å². The molecule has 6 bridgehead atoms. The number of benzene rings is 1. The number of fused-ring (bicyclic) bond motifs is 3. The van der Waals surface area contributed by atoms with E-state index in [2.05, 4.69) is 20.2 Å². The van der Waals surface area contributed by atoms with Crippen molar-refractivity contribution in [3.63, 3.8) is 0 Å². The third-order valence-corrected chi connectivity index (χ3v) is 8.86. The van der Waals surface area contributed by atoms with Crippen LogP contribution in [-0.2, 0) is 23.4 Å². The molecule has 1 fully saturated rings. The normalized spacial score (nSPS) is 32.0. The molecule has 1 unspecified atom stereocenters. The maximum Gasteiger partial charge on any atom is 0.459 e. The van der Waals surface area contributed by atoms with Gasteiger partial charge >= 0.3 is 13.7 Å². The lowest BCUT2D eigenvalue weighted by molar-refractivity contribution is -0.145. The number of carbonyl (C=O) groups excluding carboxylic acids is 1. The zero-order valence-corrected chi connectivity index (χ0v) is 24.4. The van der Waals surface area contributed by atoms with Gasteiger partial charge in [0.1, 0.15) is 42.0 Å². The Hall–Kier alpha value is -3.13. The van der Waals surface area contributed by atoms with Gasteiger partial charge in [-0.25, -0.2) is 14.1 Å². The molecule has 3 N–H and O–H groups in total. The summed E-state index contributed by atoms with van der Waals surface area (Å²) in [6, 6.07) is 7.28. The Kier molecular flexibility index (Phi) is 9.41. The smallest absolute Gasteiger partial charge is 0.459 e. The summed E-state index contributed by atoms with van der Waals surface area (Å²) < 4.78 is 44.0. The summed E-state index contributed by atoms with van der Waals surface area (Å²) in [6.45, 7) is 3.10. The highest BCUT2D eigenvalue weighted by Crippen LogP contribution is 2.47. The van der Waals surface area contributed by atoms with Gasteiger partial charge in [0.15, 0.2) is 0 Å². The van der Waals surface area contributed by atoms with Crippen molar-refractivity contribution in [1.82, 2.24) is 24.7 Å². The Labute approximate surface area is 242 Å². The summed E-state index contributed by atoms with van der Waals surface area (Å²) in [4.78, 5) is 21.2. The number of carbonyl (C=O) groups is 1. The van der Waals surface area contributed by atoms with Crippen molar-refractivity contribution in [2.75, 3.05) is 19.8 Å². The van der Waals surface area contributed by atoms with E-state index in [1.54, 1.807) is 30.3 Å². The third-order valence-electron chi connectivity index (χ3n) is 7.21. The fourth-order valence-electron chi connectivity index (χ4n) is 4.88. The van der Waals surface area contributed by atoms with Gasteiger partial charge in [0.2, 0.25) is 5.65 Å². The van der Waals surface area contributed by atoms with Crippen LogP contribution in [0.4, 0.5) is 0 Å². The number of nitrogens with zero attached hydrogens (tertiary/aromatic N) is 4. The molecule has 5 rings (SSSR count). The van der Waals surface area contributed by atoms with E-state index in [0.717, 1.165) is 25.7 Å². The number of cyclic esters (lactones) is 1. The molecule has 1 saturated heterocycles. The number of para-hydroxylation sites is 1. The molecule has 3 aromatic rings. The Bertz CT molecular complexity index is 1410. The van der Waals surface area contributed by atoms with Crippen molar-refractivity contribution in [2.24, 2.45) is 0 Å². The fourth-order valence-corrected chi connectivity index (χ4v) is 6.39. The van der Waals surface area contributed by atoms with E-state index in [0.29, 0.717) is 24.4 Å². The van der Waals surface area contributed by atoms with E-state index in [1.807, 2.05) is 0 Å². The quantitative estimate of drug-likeness (QED) is 0.287. The minimum atomic E-state index is -4.22. The van der Waals surface area contributed by atoms with Crippen molar-refractivity contribution < 1.29 is 42.8 Å². The van der Waals surface area contributed by atoms with E-state index in [-0.39, 0.29) is 18.2 Å². The number of ether oxygens (including phenoxy) is 3. The highest BCUT2D eigenvalue weighted by atomic mass is 31.2. The first-order valence-electron chi connectivity index (χ1n) is 14.0. The van der Waals surface area contributed by atoms with Gasteiger partial charge in [0.05, 0.1) is 31.7 Å². The number of imidazole rings is 1. The van der Waals surface area contributed by atoms with Crippen molar-refractivity contribution in [1.29, 1.82) is 0 Å². The van der Waals surface area contributed by atoms with E-state index in [1.165, 1.54) is 30.9 Å². The molecule has 0 amide bonds. The fraction of sp³-hybridized carbons (Fsp3) is 0.556. The lowest BCUT2D eigenvalue weighted by atomic mass is 9.91. The van der Waals surface area contributed by atoms with Crippen LogP contribution in [0, 0.1) is 0 Å². The highest BCUT2D eigenvalue weighted by Gasteiger charge is 2.54. The SMILES string of the molecule is C[C@H]1NP(=O)(Oc2ccccc2)OC[C@H]2O[C@@H](c3cnc4c(ncnn34)OCCCCCCCOC1=O)[C@](C)(O)[C@@H]2O. The second kappa shape index (κ2) is 13.0. The van der Waals surface area contributed by atoms with Gasteiger partial charge in [0, 0.05) is 0 Å². The maximum absolute atomic E-state index is 13.9. The van der Waals surface area contributed by atoms with Crippen LogP contribution < -0.4 is 14.3 Å². The van der Waals surface area contributed by atoms with Gasteiger partial charge in [-0.1, -0.05) is 37.5 Å². The van der Waals surface area contributed by atoms with Crippen LogP contribution in [0.1, 0.15) is 57.7 Å². The zero-order valence-electron chi connectivity index (χ0n) is 23.5. The molecule has 14 nitrogen and oxygen atoms in total. The molecular formula is C27H36N5O9P. The summed E-state index contributed by atoms with van der Waals surface area (Å²) in [5, 5.41) is 29.3. The average molecular weight is 606 g/mol. The lowest BCUT2D eigenvalue weighted by Crippen LogP contribution is -2.43. The predicted molar refractivity (Wildman–Crippen MR) is 148 cm³/mol. The topological polar surface area (TPSA) is 176 Å². The molecule has 1 aromatic carbocycles. The number of rotatable bonds is 2. The van der Waals surface area contributed by atoms with Crippen molar-refractivity contribution in [2.45, 2.75) is 75.9 Å². The molecule has 2 aliphatic rings. The molecule has 42 heavy (non-hydrogen) atoms. The van der Waals surface area contributed by atoms with Gasteiger partial charge in [-0.15, -0.1) is 0 Å². The Morgan fingerprint density at radius 1 is 1.10 bits per heavy atom. The van der Waals surface area contributed by atoms with E-state index in [4.69, 9.17) is 23.3 Å². The monoisotopic (exact) mass is 605 g/mol. The first kappa shape index (κ1) is 30.3. The summed E-state index contributed by atoms with van der Waals surface area (Å²) in [6.07, 6.45) is 3.26. The molecule has 0 saturated carbocycles. The number of aliphatic hydroxyl groups is 2. The highest BCUT2D eigenvalue weighted by molar-refractivity contribution is 7.52. The first-order chi connectivity index (χ1) is 20.2. The number of aliphatic hydroxyl groups excluding tert-OH is 1. The van der Waals surface area contributed by atoms with Crippen LogP contribution in [-0.4, -0.2) is 79.4 Å². The molecule has 15 heteroatoms. The third kappa shape index (κ3) is 6.74. The Balaban J connectivity index is 1.42. The molecule has 0 aliphatic carbocycles. The maximum atomic E-state index is 13.9. The Morgan fingerprint density at radius 2 is 1.81 bits per heavy atom. The summed E-state index contributed by atoms with van der Waals surface area (Å²) in [7, 11) is -4.22. The number of nitrogens with one attached hydrogen (secondary N) is 1. The number of esters is 1. The van der Waals surface area contributed by atoms with Gasteiger partial charge < -0.3 is 28.9 Å². The average Bonchev–Trinajstić information content (AvgIpc) is 3.49. The van der Waals surface area contributed by atoms with Gasteiger partial charge in [-0.3, -0.25) is 9.32 Å². The minimum absolute atomic E-state index is 0.214. The number of aromatic nitrogens is 4. The van der Waals surface area contributed by atoms with Crippen LogP contribution in [0.25, 0.3) is 5.65 Å². The summed E-state index contributed by atoms with van der Waals surface area (Å²) in [5.41, 5.74) is -1.12. The number of hydrogen-bond acceptors (Lipinski definition) is 12. The van der Waals surface area contributed by atoms with Gasteiger partial charge in [-0.2, -0.15) is 15.2 Å². The largest absolute Gasteiger partial charge is 0.475 e. The molecule has 2 aromatic heterocycles. The van der Waals surface area contributed by atoms with Crippen LogP contribution in [0.2, 0.25) is 0 Å². The van der Waals surface area contributed by atoms with Crippen molar-refractivity contribution in [3.05, 3.63) is 48.5 Å². The summed E-state index contributed by atoms with van der Waals surface area (Å²) >= 11 is 0. The molecule has 228 valence electrons. The van der Waals surface area contributed by atoms with Gasteiger partial charge in [-0.05, 0) is 38.8 Å². The van der Waals surface area contributed by atoms with Crippen LogP contribution in [0.5, 0.6) is 11.6 Å². The molecule has 6 atom stereocenters. The second-order valence-corrected chi connectivity index (χ2v) is 12.2. The first-order valence-corrected chi connectivity index (χ1v) is 15.5. The van der Waals surface area contributed by atoms with Gasteiger partial charge in [0.25, 0.3) is 5.88 Å². The molecule has 0 radical (unpaired) electrons. The molecular weight excluding hydrogens is 569 g/mol. The minimum Gasteiger partial charge on any atom is -0.475 e. The van der Waals surface area contributed by atoms with E-state index in [9.17, 15) is 19.6 Å². The standard InChI is InChI=1S/C27H36N5O9P/c1-18-26(34)38-14-10-5-3-4-9-13-37-25-24-28-15-20(32(24)30-17-29-25)23-27(2,35)22(33)21(40-23)16-39-42(36,31-18)41-19-11-7-6-8-12-19/h6-8,11-12,15,17-18,21-23,33,35H,3-5,9-10,13-14,16H2,1-2H3,(H,31,36)/t18-,21-,22-,23+,27-,42?/m1/s1. The van der Waals surface area contributed by atoms with Crippen LogP contribution >= 0.6 is 7.75 Å². The van der Waals surface area contributed by atoms with E-state index < -0.39 is 50.3 Å². The second-order valence-electron chi connectivity index (χ2n) is 10.5. The molecule has 4 heterocycles.